The van der Waals surface area contributed by atoms with Crippen molar-refractivity contribution in [2.24, 2.45) is 0 Å². The van der Waals surface area contributed by atoms with E-state index >= 15 is 0 Å². The van der Waals surface area contributed by atoms with Crippen molar-refractivity contribution in [1.82, 2.24) is 25.1 Å². The largest absolute Gasteiger partial charge is 0.444 e. The lowest BCUT2D eigenvalue weighted by molar-refractivity contribution is -0.0763. The minimum absolute atomic E-state index is 0.244. The van der Waals surface area contributed by atoms with Gasteiger partial charge >= 0.3 is 6.09 Å². The van der Waals surface area contributed by atoms with Gasteiger partial charge in [-0.05, 0) is 45.9 Å². The molecule has 0 aromatic carbocycles. The molecule has 2 heterocycles. The summed E-state index contributed by atoms with van der Waals surface area (Å²) in [5.74, 6) is -0.355. The molecule has 28 heavy (non-hydrogen) atoms. The number of nitrogens with zero attached hydrogens (tertiary/aromatic N) is 4. The lowest BCUT2D eigenvalue weighted by Crippen LogP contribution is -2.35. The number of carbonyl (C=O) groups is 2. The second kappa shape index (κ2) is 8.83. The van der Waals surface area contributed by atoms with Crippen LogP contribution >= 0.6 is 0 Å². The van der Waals surface area contributed by atoms with Crippen molar-refractivity contribution in [2.75, 3.05) is 20.7 Å². The van der Waals surface area contributed by atoms with Crippen LogP contribution in [0.5, 0.6) is 0 Å². The molecule has 152 valence electrons. The second-order valence-corrected chi connectivity index (χ2v) is 7.22. The Morgan fingerprint density at radius 1 is 1.25 bits per heavy atom. The normalized spacial score (nSPS) is 11.2. The molecule has 0 aliphatic carbocycles. The number of aromatic nitrogens is 3. The molecule has 0 aliphatic heterocycles. The fraction of sp³-hybridized carbons (Fsp3) is 0.474. The minimum atomic E-state index is -0.581. The predicted octanol–water partition coefficient (Wildman–Crippen LogP) is 2.41. The van der Waals surface area contributed by atoms with Gasteiger partial charge in [-0.2, -0.15) is 5.10 Å². The third-order valence-corrected chi connectivity index (χ3v) is 3.70. The number of pyridine rings is 1. The third-order valence-electron chi connectivity index (χ3n) is 3.70. The molecule has 0 bridgehead atoms. The Hall–Kier alpha value is -2.94. The Balaban J connectivity index is 2.21. The highest BCUT2D eigenvalue weighted by atomic mass is 16.7. The predicted molar refractivity (Wildman–Crippen MR) is 104 cm³/mol. The summed E-state index contributed by atoms with van der Waals surface area (Å²) in [5.41, 5.74) is 1.82. The van der Waals surface area contributed by atoms with E-state index in [1.165, 1.54) is 18.8 Å². The fourth-order valence-corrected chi connectivity index (χ4v) is 2.39. The van der Waals surface area contributed by atoms with Gasteiger partial charge in [-0.3, -0.25) is 19.3 Å². The Labute approximate surface area is 164 Å². The lowest BCUT2D eigenvalue weighted by Gasteiger charge is -2.19. The highest BCUT2D eigenvalue weighted by Gasteiger charge is 2.21. The fourth-order valence-electron chi connectivity index (χ4n) is 2.39. The third kappa shape index (κ3) is 5.78. The molecular formula is C19H27N5O4. The maximum Gasteiger partial charge on any atom is 0.407 e. The zero-order valence-electron chi connectivity index (χ0n) is 17.1. The average Bonchev–Trinajstić information content (AvgIpc) is 3.03. The van der Waals surface area contributed by atoms with E-state index < -0.39 is 11.7 Å². The standard InChI is InChI=1S/C19H27N5O4/c1-13-8-7-9-14(21-13)15-12-16(17(25)23(5)27-6)24(22-15)11-10-20-18(26)28-19(2,3)4/h7-9,12H,10-11H2,1-6H3,(H,20,26). The minimum Gasteiger partial charge on any atom is -0.444 e. The number of hydroxylamine groups is 2. The lowest BCUT2D eigenvalue weighted by atomic mass is 10.2. The molecule has 9 heteroatoms. The van der Waals surface area contributed by atoms with Crippen LogP contribution in [0.4, 0.5) is 4.79 Å². The molecule has 0 aliphatic rings. The second-order valence-electron chi connectivity index (χ2n) is 7.22. The number of carbonyl (C=O) groups excluding carboxylic acids is 2. The summed E-state index contributed by atoms with van der Waals surface area (Å²) in [6.45, 7) is 7.78. The molecule has 2 amide bonds. The Kier molecular flexibility index (Phi) is 6.74. The number of amides is 2. The van der Waals surface area contributed by atoms with Crippen molar-refractivity contribution in [1.29, 1.82) is 0 Å². The van der Waals surface area contributed by atoms with Crippen LogP contribution in [-0.2, 0) is 16.1 Å². The maximum atomic E-state index is 12.6. The molecule has 0 saturated heterocycles. The van der Waals surface area contributed by atoms with Crippen molar-refractivity contribution in [3.63, 3.8) is 0 Å². The van der Waals surface area contributed by atoms with Gasteiger partial charge in [0.25, 0.3) is 5.91 Å². The maximum absolute atomic E-state index is 12.6. The Morgan fingerprint density at radius 3 is 2.57 bits per heavy atom. The average molecular weight is 389 g/mol. The van der Waals surface area contributed by atoms with Crippen LogP contribution in [-0.4, -0.2) is 58.1 Å². The van der Waals surface area contributed by atoms with E-state index in [-0.39, 0.29) is 19.0 Å². The van der Waals surface area contributed by atoms with Gasteiger partial charge in [0.2, 0.25) is 0 Å². The highest BCUT2D eigenvalue weighted by molar-refractivity contribution is 5.92. The zero-order chi connectivity index (χ0) is 20.9. The zero-order valence-corrected chi connectivity index (χ0v) is 17.1. The molecule has 2 rings (SSSR count). The van der Waals surface area contributed by atoms with Crippen LogP contribution in [0.15, 0.2) is 24.3 Å². The highest BCUT2D eigenvalue weighted by Crippen LogP contribution is 2.18. The molecule has 0 fully saturated rings. The van der Waals surface area contributed by atoms with Gasteiger partial charge in [0.05, 0.1) is 19.3 Å². The number of hydrogen-bond acceptors (Lipinski definition) is 6. The van der Waals surface area contributed by atoms with E-state index in [0.717, 1.165) is 10.8 Å². The molecule has 9 nitrogen and oxygen atoms in total. The van der Waals surface area contributed by atoms with E-state index in [4.69, 9.17) is 9.57 Å². The quantitative estimate of drug-likeness (QED) is 0.762. The number of rotatable bonds is 6. The molecule has 0 spiro atoms. The monoisotopic (exact) mass is 389 g/mol. The van der Waals surface area contributed by atoms with Gasteiger partial charge < -0.3 is 10.1 Å². The van der Waals surface area contributed by atoms with Crippen LogP contribution < -0.4 is 5.32 Å². The molecule has 0 atom stereocenters. The molecular weight excluding hydrogens is 362 g/mol. The summed E-state index contributed by atoms with van der Waals surface area (Å²) in [5, 5.41) is 8.26. The smallest absolute Gasteiger partial charge is 0.407 e. The van der Waals surface area contributed by atoms with Crippen molar-refractivity contribution < 1.29 is 19.2 Å². The van der Waals surface area contributed by atoms with Crippen LogP contribution in [0, 0.1) is 6.92 Å². The molecule has 0 unspecified atom stereocenters. The van der Waals surface area contributed by atoms with Crippen LogP contribution in [0.2, 0.25) is 0 Å². The summed E-state index contributed by atoms with van der Waals surface area (Å²) in [4.78, 5) is 33.9. The molecule has 2 aromatic rings. The van der Waals surface area contributed by atoms with Gasteiger partial charge in [-0.1, -0.05) is 6.07 Å². The number of hydrogen-bond donors (Lipinski definition) is 1. The first-order valence-electron chi connectivity index (χ1n) is 8.91. The Bertz CT molecular complexity index is 841. The van der Waals surface area contributed by atoms with Crippen molar-refractivity contribution >= 4 is 12.0 Å². The first-order chi connectivity index (χ1) is 13.1. The van der Waals surface area contributed by atoms with E-state index in [2.05, 4.69) is 15.4 Å². The van der Waals surface area contributed by atoms with Crippen LogP contribution in [0.1, 0.15) is 37.0 Å². The van der Waals surface area contributed by atoms with Gasteiger partial charge in [0.1, 0.15) is 17.0 Å². The van der Waals surface area contributed by atoms with Gasteiger partial charge in [0, 0.05) is 19.3 Å². The molecule has 0 saturated carbocycles. The van der Waals surface area contributed by atoms with E-state index in [9.17, 15) is 9.59 Å². The summed E-state index contributed by atoms with van der Waals surface area (Å²) in [7, 11) is 2.93. The van der Waals surface area contributed by atoms with E-state index in [1.54, 1.807) is 26.8 Å². The van der Waals surface area contributed by atoms with Gasteiger partial charge in [-0.25, -0.2) is 9.86 Å². The van der Waals surface area contributed by atoms with Gasteiger partial charge in [0.15, 0.2) is 0 Å². The summed E-state index contributed by atoms with van der Waals surface area (Å²) < 4.78 is 6.73. The molecule has 2 aromatic heterocycles. The Morgan fingerprint density at radius 2 is 1.96 bits per heavy atom. The summed E-state index contributed by atoms with van der Waals surface area (Å²) in [6, 6.07) is 7.25. The molecule has 1 N–H and O–H groups in total. The van der Waals surface area contributed by atoms with Crippen molar-refractivity contribution in [3.8, 4) is 11.4 Å². The number of alkyl carbamates (subject to hydrolysis) is 1. The first-order valence-corrected chi connectivity index (χ1v) is 8.91. The number of aryl methyl sites for hydroxylation is 1. The summed E-state index contributed by atoms with van der Waals surface area (Å²) >= 11 is 0. The van der Waals surface area contributed by atoms with Crippen molar-refractivity contribution in [2.45, 2.75) is 39.8 Å². The first kappa shape index (κ1) is 21.4. The topological polar surface area (TPSA) is 98.6 Å². The van der Waals surface area contributed by atoms with E-state index in [0.29, 0.717) is 17.1 Å². The number of nitrogens with one attached hydrogen (secondary N) is 1. The van der Waals surface area contributed by atoms with Gasteiger partial charge in [-0.15, -0.1) is 0 Å². The van der Waals surface area contributed by atoms with Crippen LogP contribution in [0.25, 0.3) is 11.4 Å². The van der Waals surface area contributed by atoms with E-state index in [1.807, 2.05) is 25.1 Å². The van der Waals surface area contributed by atoms with Crippen LogP contribution in [0.3, 0.4) is 0 Å². The van der Waals surface area contributed by atoms with Crippen molar-refractivity contribution in [3.05, 3.63) is 35.7 Å². The summed E-state index contributed by atoms with van der Waals surface area (Å²) in [6.07, 6.45) is -0.526. The SMILES string of the molecule is CON(C)C(=O)c1cc(-c2cccc(C)n2)nn1CCNC(=O)OC(C)(C)C. The molecule has 0 radical (unpaired) electrons. The number of ether oxygens (including phenoxy) is 1.